The Hall–Kier alpha value is -1.42. The average molecular weight is 534 g/mol. The van der Waals surface area contributed by atoms with Gasteiger partial charge in [-0.2, -0.15) is 0 Å². The number of rotatable bonds is 14. The molecule has 4 aliphatic rings. The Kier molecular flexibility index (Phi) is 8.58. The summed E-state index contributed by atoms with van der Waals surface area (Å²) in [5.41, 5.74) is 0.733. The van der Waals surface area contributed by atoms with Gasteiger partial charge in [-0.25, -0.2) is 0 Å². The lowest BCUT2D eigenvalue weighted by atomic mass is 9.52. The van der Waals surface area contributed by atoms with E-state index in [0.29, 0.717) is 25.4 Å². The molecule has 8 heteroatoms. The van der Waals surface area contributed by atoms with E-state index < -0.39 is 11.0 Å². The predicted molar refractivity (Wildman–Crippen MR) is 144 cm³/mol. The highest BCUT2D eigenvalue weighted by Gasteiger charge is 2.69. The van der Waals surface area contributed by atoms with Crippen molar-refractivity contribution >= 4 is 0 Å². The Morgan fingerprint density at radius 1 is 1.24 bits per heavy atom. The molecule has 1 aromatic rings. The van der Waals surface area contributed by atoms with Crippen LogP contribution in [0.3, 0.4) is 0 Å². The fourth-order valence-electron chi connectivity index (χ4n) is 7.45. The minimum Gasteiger partial charge on any atom is -0.482 e. The smallest absolute Gasteiger partial charge is 0.189 e. The second-order valence-corrected chi connectivity index (χ2v) is 11.9. The predicted octanol–water partition coefficient (Wildman–Crippen LogP) is 3.43. The first-order chi connectivity index (χ1) is 18.4. The minimum absolute atomic E-state index is 0.0258. The van der Waals surface area contributed by atoms with Crippen LogP contribution >= 0.6 is 0 Å². The summed E-state index contributed by atoms with van der Waals surface area (Å²) in [5, 5.41) is 22.1. The first kappa shape index (κ1) is 28.1. The van der Waals surface area contributed by atoms with Gasteiger partial charge in [0.1, 0.15) is 6.10 Å². The Morgan fingerprint density at radius 2 is 2.05 bits per heavy atom. The van der Waals surface area contributed by atoms with Crippen LogP contribution in [-0.4, -0.2) is 91.9 Å². The van der Waals surface area contributed by atoms with E-state index in [-0.39, 0.29) is 37.8 Å². The summed E-state index contributed by atoms with van der Waals surface area (Å²) >= 11 is 0. The molecule has 2 bridgehead atoms. The van der Waals surface area contributed by atoms with E-state index in [1.165, 1.54) is 24.8 Å². The first-order valence-electron chi connectivity index (χ1n) is 14.6. The third-order valence-corrected chi connectivity index (χ3v) is 9.71. The van der Waals surface area contributed by atoms with Crippen molar-refractivity contribution < 1.29 is 33.9 Å². The lowest BCUT2D eigenvalue weighted by Gasteiger charge is -2.61. The monoisotopic (exact) mass is 533 g/mol. The molecule has 1 saturated heterocycles. The Labute approximate surface area is 227 Å². The van der Waals surface area contributed by atoms with Crippen molar-refractivity contribution in [3.63, 3.8) is 0 Å². The average Bonchev–Trinajstić information content (AvgIpc) is 3.21. The molecular formula is C30H47NO7. The maximum Gasteiger partial charge on any atom is 0.189 e. The Balaban J connectivity index is 1.51. The molecule has 6 atom stereocenters. The maximum absolute atomic E-state index is 12.6. The number of piperidine rings is 1. The van der Waals surface area contributed by atoms with Crippen LogP contribution in [0.4, 0.5) is 0 Å². The van der Waals surface area contributed by atoms with Crippen LogP contribution in [0.5, 0.6) is 11.5 Å². The zero-order valence-electron chi connectivity index (χ0n) is 23.6. The van der Waals surface area contributed by atoms with Gasteiger partial charge in [-0.3, -0.25) is 4.90 Å². The number of hydrogen-bond acceptors (Lipinski definition) is 8. The van der Waals surface area contributed by atoms with E-state index in [0.717, 1.165) is 49.6 Å². The largest absolute Gasteiger partial charge is 0.482 e. The van der Waals surface area contributed by atoms with Gasteiger partial charge in [-0.1, -0.05) is 19.4 Å². The topological polar surface area (TPSA) is 89.9 Å². The molecule has 5 rings (SSSR count). The molecule has 2 aliphatic heterocycles. The summed E-state index contributed by atoms with van der Waals surface area (Å²) in [7, 11) is 1.64. The van der Waals surface area contributed by atoms with E-state index >= 15 is 0 Å². The normalized spacial score (nSPS) is 31.8. The highest BCUT2D eigenvalue weighted by atomic mass is 16.7. The maximum atomic E-state index is 12.6. The fourth-order valence-corrected chi connectivity index (χ4v) is 7.45. The molecule has 0 aromatic heterocycles. The van der Waals surface area contributed by atoms with Gasteiger partial charge in [0.05, 0.1) is 36.4 Å². The zero-order valence-corrected chi connectivity index (χ0v) is 23.6. The Bertz CT molecular complexity index is 951. The highest BCUT2D eigenvalue weighted by Crippen LogP contribution is 2.63. The molecule has 2 heterocycles. The van der Waals surface area contributed by atoms with Crippen molar-refractivity contribution in [1.29, 1.82) is 0 Å². The lowest BCUT2D eigenvalue weighted by Crippen LogP contribution is -2.74. The number of hydrogen-bond donors (Lipinski definition) is 2. The summed E-state index contributed by atoms with van der Waals surface area (Å²) in [6, 6.07) is 4.18. The van der Waals surface area contributed by atoms with Gasteiger partial charge in [0.2, 0.25) is 0 Å². The molecule has 1 spiro atoms. The van der Waals surface area contributed by atoms with Crippen molar-refractivity contribution in [3.8, 4) is 11.5 Å². The van der Waals surface area contributed by atoms with E-state index in [1.807, 2.05) is 19.9 Å². The first-order valence-corrected chi connectivity index (χ1v) is 14.6. The number of aliphatic hydroxyl groups is 2. The molecule has 1 aromatic carbocycles. The number of methoxy groups -OCH3 is 1. The summed E-state index contributed by atoms with van der Waals surface area (Å²) < 4.78 is 30.1. The summed E-state index contributed by atoms with van der Waals surface area (Å²) in [6.07, 6.45) is 6.13. The van der Waals surface area contributed by atoms with Gasteiger partial charge < -0.3 is 33.9 Å². The van der Waals surface area contributed by atoms with Crippen molar-refractivity contribution in [2.75, 3.05) is 46.8 Å². The molecule has 3 unspecified atom stereocenters. The van der Waals surface area contributed by atoms with E-state index in [4.69, 9.17) is 23.7 Å². The second kappa shape index (κ2) is 11.6. The van der Waals surface area contributed by atoms with Gasteiger partial charge in [0.25, 0.3) is 0 Å². The van der Waals surface area contributed by atoms with Gasteiger partial charge in [0, 0.05) is 31.9 Å². The van der Waals surface area contributed by atoms with Gasteiger partial charge >= 0.3 is 0 Å². The molecule has 2 aliphatic carbocycles. The molecule has 214 valence electrons. The quantitative estimate of drug-likeness (QED) is 0.278. The van der Waals surface area contributed by atoms with E-state index in [9.17, 15) is 10.2 Å². The molecule has 2 fully saturated rings. The Morgan fingerprint density at radius 3 is 2.74 bits per heavy atom. The SMILES string of the molecule is CCC(OC(C)CCO)C1Oc2c(OCOCCOC)ccc3c2[C@@]12CCN(CC1CCC1)[C@H](C3)[C@@]2(C)O. The summed E-state index contributed by atoms with van der Waals surface area (Å²) in [5.74, 6) is 2.12. The molecule has 1 saturated carbocycles. The van der Waals surface area contributed by atoms with Crippen molar-refractivity contribution in [2.24, 2.45) is 5.92 Å². The lowest BCUT2D eigenvalue weighted by molar-refractivity contribution is -0.183. The number of benzene rings is 1. The number of likely N-dealkylation sites (tertiary alicyclic amines) is 1. The van der Waals surface area contributed by atoms with Crippen LogP contribution in [0.1, 0.15) is 70.4 Å². The number of nitrogens with zero attached hydrogens (tertiary/aromatic N) is 1. The third-order valence-electron chi connectivity index (χ3n) is 9.71. The van der Waals surface area contributed by atoms with Gasteiger partial charge in [-0.05, 0) is 76.5 Å². The van der Waals surface area contributed by atoms with E-state index in [2.05, 4.69) is 17.9 Å². The molecule has 2 N–H and O–H groups in total. The highest BCUT2D eigenvalue weighted by molar-refractivity contribution is 5.62. The summed E-state index contributed by atoms with van der Waals surface area (Å²) in [6.45, 7) is 9.28. The number of aliphatic hydroxyl groups excluding tert-OH is 1. The van der Waals surface area contributed by atoms with Crippen LogP contribution in [0.2, 0.25) is 0 Å². The molecular weight excluding hydrogens is 486 g/mol. The van der Waals surface area contributed by atoms with Crippen LogP contribution in [-0.2, 0) is 26.0 Å². The van der Waals surface area contributed by atoms with Crippen LogP contribution in [0.25, 0.3) is 0 Å². The van der Waals surface area contributed by atoms with Crippen molar-refractivity contribution in [3.05, 3.63) is 23.3 Å². The third kappa shape index (κ3) is 4.75. The zero-order chi connectivity index (χ0) is 26.9. The van der Waals surface area contributed by atoms with Crippen LogP contribution in [0, 0.1) is 5.92 Å². The number of ether oxygens (including phenoxy) is 5. The minimum atomic E-state index is -0.998. The number of fused-ring (bicyclic) bond motifs is 1. The van der Waals surface area contributed by atoms with Gasteiger partial charge in [-0.15, -0.1) is 0 Å². The van der Waals surface area contributed by atoms with Gasteiger partial charge in [0.15, 0.2) is 18.3 Å². The van der Waals surface area contributed by atoms with Crippen LogP contribution < -0.4 is 9.47 Å². The van der Waals surface area contributed by atoms with E-state index in [1.54, 1.807) is 7.11 Å². The molecule has 0 radical (unpaired) electrons. The summed E-state index contributed by atoms with van der Waals surface area (Å²) in [4.78, 5) is 2.55. The van der Waals surface area contributed by atoms with Crippen molar-refractivity contribution in [1.82, 2.24) is 4.90 Å². The fraction of sp³-hybridized carbons (Fsp3) is 0.800. The second-order valence-electron chi connectivity index (χ2n) is 11.9. The van der Waals surface area contributed by atoms with Crippen molar-refractivity contribution in [2.45, 2.75) is 101 Å². The molecule has 8 nitrogen and oxygen atoms in total. The standard InChI is InChI=1S/C30H47NO7/c1-5-23(37-20(2)11-14-32)28-30-12-13-31(18-21-7-6-8-21)25(29(30,3)33)17-22-9-10-24(27(38-28)26(22)30)36-19-35-16-15-34-4/h9-10,20-21,23,25,28,32-33H,5-8,11-19H2,1-4H3/t20?,23?,25-,28?,29-,30+/m1/s1. The van der Waals surface area contributed by atoms with Crippen LogP contribution in [0.15, 0.2) is 12.1 Å². The molecule has 38 heavy (non-hydrogen) atoms. The molecule has 0 amide bonds.